The van der Waals surface area contributed by atoms with Crippen LogP contribution in [0.1, 0.15) is 0 Å². The Morgan fingerprint density at radius 1 is 0.923 bits per heavy atom. The minimum Gasteiger partial charge on any atom is -0.497 e. The first-order valence-corrected chi connectivity index (χ1v) is 10.00. The third kappa shape index (κ3) is 3.75. The van der Waals surface area contributed by atoms with Crippen molar-refractivity contribution in [3.05, 3.63) is 47.5 Å². The zero-order chi connectivity index (χ0) is 18.7. The van der Waals surface area contributed by atoms with Crippen LogP contribution in [0, 0.1) is 0 Å². The molecule has 0 atom stereocenters. The summed E-state index contributed by atoms with van der Waals surface area (Å²) in [6, 6.07) is 11.9. The maximum absolute atomic E-state index is 12.8. The van der Waals surface area contributed by atoms with E-state index in [2.05, 4.69) is 4.90 Å². The van der Waals surface area contributed by atoms with E-state index in [-0.39, 0.29) is 4.90 Å². The Labute approximate surface area is 158 Å². The second-order valence-electron chi connectivity index (χ2n) is 5.88. The quantitative estimate of drug-likeness (QED) is 0.777. The SMILES string of the molecule is COc1ccc(S(=O)(=O)N2CCN(c3cc(Cl)ccc3OC)CC2)cc1. The van der Waals surface area contributed by atoms with E-state index in [9.17, 15) is 8.42 Å². The summed E-state index contributed by atoms with van der Waals surface area (Å²) in [5.41, 5.74) is 0.876. The molecule has 3 rings (SSSR count). The predicted molar refractivity (Wildman–Crippen MR) is 102 cm³/mol. The highest BCUT2D eigenvalue weighted by atomic mass is 35.5. The normalized spacial score (nSPS) is 15.7. The zero-order valence-corrected chi connectivity index (χ0v) is 16.3. The smallest absolute Gasteiger partial charge is 0.243 e. The fourth-order valence-electron chi connectivity index (χ4n) is 2.98. The Bertz CT molecular complexity index is 863. The molecule has 2 aromatic carbocycles. The zero-order valence-electron chi connectivity index (χ0n) is 14.7. The number of rotatable bonds is 5. The first kappa shape index (κ1) is 18.8. The van der Waals surface area contributed by atoms with Gasteiger partial charge < -0.3 is 14.4 Å². The summed E-state index contributed by atoms with van der Waals surface area (Å²) in [6.45, 7) is 1.91. The highest BCUT2D eigenvalue weighted by Crippen LogP contribution is 2.32. The fraction of sp³-hybridized carbons (Fsp3) is 0.333. The highest BCUT2D eigenvalue weighted by molar-refractivity contribution is 7.89. The lowest BCUT2D eigenvalue weighted by molar-refractivity contribution is 0.378. The Kier molecular flexibility index (Phi) is 5.60. The lowest BCUT2D eigenvalue weighted by Crippen LogP contribution is -2.48. The van der Waals surface area contributed by atoms with Gasteiger partial charge in [-0.3, -0.25) is 0 Å². The van der Waals surface area contributed by atoms with E-state index in [1.807, 2.05) is 12.1 Å². The van der Waals surface area contributed by atoms with E-state index in [1.54, 1.807) is 44.6 Å². The number of piperazine rings is 1. The van der Waals surface area contributed by atoms with Crippen molar-refractivity contribution >= 4 is 27.3 Å². The number of methoxy groups -OCH3 is 2. The summed E-state index contributed by atoms with van der Waals surface area (Å²) < 4.78 is 37.6. The highest BCUT2D eigenvalue weighted by Gasteiger charge is 2.29. The van der Waals surface area contributed by atoms with Crippen molar-refractivity contribution in [2.45, 2.75) is 4.90 Å². The molecule has 0 bridgehead atoms. The van der Waals surface area contributed by atoms with E-state index in [4.69, 9.17) is 21.1 Å². The Hall–Kier alpha value is -1.96. The van der Waals surface area contributed by atoms with Crippen LogP contribution < -0.4 is 14.4 Å². The van der Waals surface area contributed by atoms with Crippen molar-refractivity contribution in [1.82, 2.24) is 4.31 Å². The number of hydrogen-bond acceptors (Lipinski definition) is 5. The largest absolute Gasteiger partial charge is 0.497 e. The molecule has 0 aromatic heterocycles. The molecule has 0 saturated carbocycles. The summed E-state index contributed by atoms with van der Waals surface area (Å²) in [5, 5.41) is 0.620. The molecule has 0 spiro atoms. The maximum Gasteiger partial charge on any atom is 0.243 e. The molecule has 6 nitrogen and oxygen atoms in total. The van der Waals surface area contributed by atoms with Crippen LogP contribution in [-0.2, 0) is 10.0 Å². The molecule has 1 fully saturated rings. The van der Waals surface area contributed by atoms with Gasteiger partial charge >= 0.3 is 0 Å². The summed E-state index contributed by atoms with van der Waals surface area (Å²) >= 11 is 6.10. The Morgan fingerprint density at radius 3 is 2.15 bits per heavy atom. The van der Waals surface area contributed by atoms with Crippen molar-refractivity contribution < 1.29 is 17.9 Å². The molecule has 1 saturated heterocycles. The van der Waals surface area contributed by atoms with Gasteiger partial charge in [0.25, 0.3) is 0 Å². The third-order valence-electron chi connectivity index (χ3n) is 4.42. The van der Waals surface area contributed by atoms with Crippen molar-refractivity contribution in [3.8, 4) is 11.5 Å². The number of hydrogen-bond donors (Lipinski definition) is 0. The summed E-state index contributed by atoms with van der Waals surface area (Å²) in [6.07, 6.45) is 0. The summed E-state index contributed by atoms with van der Waals surface area (Å²) in [4.78, 5) is 2.36. The monoisotopic (exact) mass is 396 g/mol. The Morgan fingerprint density at radius 2 is 1.58 bits per heavy atom. The van der Waals surface area contributed by atoms with Crippen LogP contribution in [0.25, 0.3) is 0 Å². The third-order valence-corrected chi connectivity index (χ3v) is 6.57. The molecule has 2 aromatic rings. The van der Waals surface area contributed by atoms with Crippen molar-refractivity contribution in [2.75, 3.05) is 45.3 Å². The van der Waals surface area contributed by atoms with Crippen LogP contribution in [0.3, 0.4) is 0 Å². The maximum atomic E-state index is 12.8. The standard InChI is InChI=1S/C18H21ClN2O4S/c1-24-15-4-6-16(7-5-15)26(22,23)21-11-9-20(10-12-21)17-13-14(19)3-8-18(17)25-2/h3-8,13H,9-12H2,1-2H3. The van der Waals surface area contributed by atoms with Gasteiger partial charge in [0.2, 0.25) is 10.0 Å². The first-order valence-electron chi connectivity index (χ1n) is 8.18. The molecule has 8 heteroatoms. The van der Waals surface area contributed by atoms with E-state index in [1.165, 1.54) is 4.31 Å². The van der Waals surface area contributed by atoms with E-state index >= 15 is 0 Å². The van der Waals surface area contributed by atoms with Gasteiger partial charge in [-0.2, -0.15) is 4.31 Å². The van der Waals surface area contributed by atoms with Gasteiger partial charge in [0, 0.05) is 31.2 Å². The molecule has 0 unspecified atom stereocenters. The molecular weight excluding hydrogens is 376 g/mol. The number of ether oxygens (including phenoxy) is 2. The molecule has 0 amide bonds. The topological polar surface area (TPSA) is 59.1 Å². The molecule has 140 valence electrons. The Balaban J connectivity index is 1.74. The molecule has 0 aliphatic carbocycles. The van der Waals surface area contributed by atoms with Gasteiger partial charge in [0.1, 0.15) is 11.5 Å². The van der Waals surface area contributed by atoms with Crippen molar-refractivity contribution in [1.29, 1.82) is 0 Å². The van der Waals surface area contributed by atoms with Gasteiger partial charge in [-0.15, -0.1) is 0 Å². The van der Waals surface area contributed by atoms with E-state index in [0.717, 1.165) is 11.4 Å². The molecule has 1 aliphatic rings. The molecule has 0 radical (unpaired) electrons. The number of anilines is 1. The second kappa shape index (κ2) is 7.73. The number of halogens is 1. The summed E-state index contributed by atoms with van der Waals surface area (Å²) in [7, 11) is -0.366. The molecule has 26 heavy (non-hydrogen) atoms. The van der Waals surface area contributed by atoms with Gasteiger partial charge in [-0.05, 0) is 42.5 Å². The molecular formula is C18H21ClN2O4S. The molecule has 0 N–H and O–H groups in total. The summed E-state index contributed by atoms with van der Waals surface area (Å²) in [5.74, 6) is 1.35. The van der Waals surface area contributed by atoms with E-state index < -0.39 is 10.0 Å². The lowest BCUT2D eigenvalue weighted by Gasteiger charge is -2.36. The molecule has 1 aliphatic heterocycles. The van der Waals surface area contributed by atoms with Gasteiger partial charge in [0.15, 0.2) is 0 Å². The van der Waals surface area contributed by atoms with Gasteiger partial charge in [0.05, 0.1) is 24.8 Å². The van der Waals surface area contributed by atoms with Crippen LogP contribution in [0.2, 0.25) is 5.02 Å². The predicted octanol–water partition coefficient (Wildman–Crippen LogP) is 2.87. The average Bonchev–Trinajstić information content (AvgIpc) is 2.68. The van der Waals surface area contributed by atoms with Gasteiger partial charge in [-0.25, -0.2) is 8.42 Å². The van der Waals surface area contributed by atoms with Crippen LogP contribution >= 0.6 is 11.6 Å². The lowest BCUT2D eigenvalue weighted by atomic mass is 10.2. The van der Waals surface area contributed by atoms with Crippen LogP contribution in [-0.4, -0.2) is 53.1 Å². The van der Waals surface area contributed by atoms with Crippen LogP contribution in [0.5, 0.6) is 11.5 Å². The van der Waals surface area contributed by atoms with E-state index in [0.29, 0.717) is 37.0 Å². The number of nitrogens with zero attached hydrogens (tertiary/aromatic N) is 2. The number of benzene rings is 2. The van der Waals surface area contributed by atoms with Crippen LogP contribution in [0.4, 0.5) is 5.69 Å². The minimum atomic E-state index is -3.52. The van der Waals surface area contributed by atoms with Crippen LogP contribution in [0.15, 0.2) is 47.4 Å². The second-order valence-corrected chi connectivity index (χ2v) is 8.26. The number of sulfonamides is 1. The van der Waals surface area contributed by atoms with Crippen molar-refractivity contribution in [3.63, 3.8) is 0 Å². The fourth-order valence-corrected chi connectivity index (χ4v) is 4.56. The first-order chi connectivity index (χ1) is 12.5. The minimum absolute atomic E-state index is 0.270. The van der Waals surface area contributed by atoms with Crippen molar-refractivity contribution in [2.24, 2.45) is 0 Å². The average molecular weight is 397 g/mol. The van der Waals surface area contributed by atoms with Gasteiger partial charge in [-0.1, -0.05) is 11.6 Å². The molecule has 1 heterocycles.